The van der Waals surface area contributed by atoms with Crippen LogP contribution >= 0.6 is 0 Å². The van der Waals surface area contributed by atoms with Crippen LogP contribution in [0.1, 0.15) is 49.7 Å². The fraction of sp³-hybridized carbons (Fsp3) is 0.293. The Kier molecular flexibility index (Phi) is 13.2. The van der Waals surface area contributed by atoms with Crippen molar-refractivity contribution in [2.75, 3.05) is 13.2 Å². The van der Waals surface area contributed by atoms with Crippen molar-refractivity contribution in [3.8, 4) is 17.2 Å². The van der Waals surface area contributed by atoms with E-state index in [1.807, 2.05) is 31.2 Å². The molecule has 4 aromatic carbocycles. The van der Waals surface area contributed by atoms with Crippen molar-refractivity contribution in [3.63, 3.8) is 0 Å². The van der Waals surface area contributed by atoms with Crippen LogP contribution in [0, 0.1) is 6.92 Å². The molecule has 2 saturated heterocycles. The second-order valence-corrected chi connectivity index (χ2v) is 15.9. The number of aryl methyl sites for hydroxylation is 1. The van der Waals surface area contributed by atoms with Crippen LogP contribution in [0.3, 0.4) is 0 Å². The molecule has 272 valence electrons. The third-order valence-corrected chi connectivity index (χ3v) is 11.5. The second kappa shape index (κ2) is 18.4. The molecule has 0 radical (unpaired) electrons. The minimum atomic E-state index is -4.27. The molecular weight excluding hydrogens is 699 g/mol. The zero-order chi connectivity index (χ0) is 36.2. The Bertz CT molecular complexity index is 1850. The topological polar surface area (TPSA) is 116 Å². The Morgan fingerprint density at radius 1 is 0.654 bits per heavy atom. The van der Waals surface area contributed by atoms with Crippen LogP contribution in [0.2, 0.25) is 0 Å². The van der Waals surface area contributed by atoms with Crippen LogP contribution in [0.4, 0.5) is 0 Å². The van der Waals surface area contributed by atoms with Gasteiger partial charge >= 0.3 is 0 Å². The summed E-state index contributed by atoms with van der Waals surface area (Å²) in [7, 11) is -4.60. The summed E-state index contributed by atoms with van der Waals surface area (Å²) in [6, 6.07) is 35.0. The summed E-state index contributed by atoms with van der Waals surface area (Å²) in [6.07, 6.45) is 9.60. The van der Waals surface area contributed by atoms with Gasteiger partial charge in [-0.15, -0.1) is 0 Å². The maximum atomic E-state index is 10.4. The minimum Gasteiger partial charge on any atom is -0.744 e. The Balaban J connectivity index is 0.000000362. The molecule has 0 amide bonds. The molecule has 3 heterocycles. The molecule has 0 spiro atoms. The van der Waals surface area contributed by atoms with E-state index in [-0.39, 0.29) is 28.4 Å². The third-order valence-electron chi connectivity index (χ3n) is 8.45. The van der Waals surface area contributed by atoms with Gasteiger partial charge in [0.25, 0.3) is 0 Å². The molecule has 0 saturated carbocycles. The molecule has 0 bridgehead atoms. The van der Waals surface area contributed by atoms with Gasteiger partial charge in [0.15, 0.2) is 27.3 Å². The van der Waals surface area contributed by atoms with Gasteiger partial charge in [0.2, 0.25) is 0 Å². The van der Waals surface area contributed by atoms with E-state index in [2.05, 4.69) is 65.6 Å². The van der Waals surface area contributed by atoms with E-state index in [9.17, 15) is 13.0 Å². The molecular formula is C41H43NO8S2. The number of pyridine rings is 1. The predicted molar refractivity (Wildman–Crippen MR) is 198 cm³/mol. The standard InChI is InChI=1S/C34H36NO5S.C7H8O3S/c1-3-23-36-33(5-1)39-28-9-15-31(16-10-28)41(32-17-11-29(12-18-32)40-34-6-2-4-24-37-34)30-13-7-27(8-14-30)38-25-26-19-21-35-22-20-26;1-6-2-4-7(5-3-6)11(8,9)10/h7-22,33-34H,1-6,23-25H2;2-5H,1H3,(H,8,9,10)/q+1;/p-1. The highest BCUT2D eigenvalue weighted by atomic mass is 32.2. The molecule has 1 aromatic heterocycles. The molecule has 5 aromatic rings. The van der Waals surface area contributed by atoms with Gasteiger partial charge in [-0.05, 0) is 135 Å². The fourth-order valence-electron chi connectivity index (χ4n) is 5.65. The number of aromatic nitrogens is 1. The van der Waals surface area contributed by atoms with Gasteiger partial charge in [0.1, 0.15) is 34.0 Å². The zero-order valence-electron chi connectivity index (χ0n) is 29.1. The van der Waals surface area contributed by atoms with E-state index >= 15 is 0 Å². The highest BCUT2D eigenvalue weighted by molar-refractivity contribution is 7.97. The molecule has 52 heavy (non-hydrogen) atoms. The first-order valence-corrected chi connectivity index (χ1v) is 20.1. The number of nitrogens with zero attached hydrogens (tertiary/aromatic N) is 1. The fourth-order valence-corrected chi connectivity index (χ4v) is 8.16. The highest BCUT2D eigenvalue weighted by Gasteiger charge is 2.29. The zero-order valence-corrected chi connectivity index (χ0v) is 30.7. The van der Waals surface area contributed by atoms with Gasteiger partial charge in [-0.2, -0.15) is 0 Å². The number of rotatable bonds is 11. The van der Waals surface area contributed by atoms with Crippen LogP contribution in [0.25, 0.3) is 0 Å². The average Bonchev–Trinajstić information content (AvgIpc) is 3.17. The number of benzene rings is 4. The number of hydrogen-bond acceptors (Lipinski definition) is 9. The summed E-state index contributed by atoms with van der Waals surface area (Å²) >= 11 is 0. The Morgan fingerprint density at radius 2 is 1.12 bits per heavy atom. The molecule has 0 N–H and O–H groups in total. The van der Waals surface area contributed by atoms with Gasteiger partial charge in [0.05, 0.1) is 29.0 Å². The first kappa shape index (κ1) is 37.4. The Hall–Kier alpha value is -4.39. The molecule has 9 nitrogen and oxygen atoms in total. The summed E-state index contributed by atoms with van der Waals surface area (Å²) in [5, 5.41) is 0. The lowest BCUT2D eigenvalue weighted by molar-refractivity contribution is -0.106. The lowest BCUT2D eigenvalue weighted by atomic mass is 10.2. The average molecular weight is 742 g/mol. The third kappa shape index (κ3) is 11.1. The quantitative estimate of drug-likeness (QED) is 0.0971. The summed E-state index contributed by atoms with van der Waals surface area (Å²) < 4.78 is 60.9. The smallest absolute Gasteiger partial charge is 0.199 e. The van der Waals surface area contributed by atoms with Crippen molar-refractivity contribution in [2.24, 2.45) is 0 Å². The maximum Gasteiger partial charge on any atom is 0.199 e. The maximum absolute atomic E-state index is 10.4. The molecule has 2 atom stereocenters. The molecule has 2 fully saturated rings. The van der Waals surface area contributed by atoms with Crippen molar-refractivity contribution < 1.29 is 36.7 Å². The minimum absolute atomic E-state index is 0.159. The normalized spacial score (nSPS) is 18.0. The van der Waals surface area contributed by atoms with E-state index in [0.29, 0.717) is 6.61 Å². The Morgan fingerprint density at radius 3 is 1.54 bits per heavy atom. The monoisotopic (exact) mass is 741 g/mol. The lowest BCUT2D eigenvalue weighted by Gasteiger charge is -2.23. The predicted octanol–water partition coefficient (Wildman–Crippen LogP) is 8.47. The van der Waals surface area contributed by atoms with Gasteiger partial charge in [0, 0.05) is 25.2 Å². The molecule has 2 unspecified atom stereocenters. The summed E-state index contributed by atoms with van der Waals surface area (Å²) in [5.74, 6) is 2.50. The van der Waals surface area contributed by atoms with Gasteiger partial charge in [-0.1, -0.05) is 17.7 Å². The number of hydrogen-bond donors (Lipinski definition) is 0. The van der Waals surface area contributed by atoms with Gasteiger partial charge < -0.3 is 28.2 Å². The van der Waals surface area contributed by atoms with Crippen molar-refractivity contribution in [2.45, 2.75) is 84.2 Å². The van der Waals surface area contributed by atoms with Crippen LogP contribution in [-0.2, 0) is 37.1 Å². The van der Waals surface area contributed by atoms with Crippen molar-refractivity contribution in [3.05, 3.63) is 133 Å². The van der Waals surface area contributed by atoms with Crippen LogP contribution in [-0.4, -0.2) is 43.7 Å². The lowest BCUT2D eigenvalue weighted by Crippen LogP contribution is -2.25. The molecule has 0 aliphatic carbocycles. The molecule has 7 rings (SSSR count). The van der Waals surface area contributed by atoms with Crippen LogP contribution < -0.4 is 14.2 Å². The first-order valence-electron chi connectivity index (χ1n) is 17.5. The van der Waals surface area contributed by atoms with E-state index < -0.39 is 10.1 Å². The highest BCUT2D eigenvalue weighted by Crippen LogP contribution is 2.35. The van der Waals surface area contributed by atoms with Crippen LogP contribution in [0.15, 0.2) is 141 Å². The van der Waals surface area contributed by atoms with Gasteiger partial charge in [-0.25, -0.2) is 8.42 Å². The van der Waals surface area contributed by atoms with E-state index in [1.165, 1.54) is 26.8 Å². The summed E-state index contributed by atoms with van der Waals surface area (Å²) in [6.45, 7) is 3.86. The van der Waals surface area contributed by atoms with Crippen LogP contribution in [0.5, 0.6) is 17.2 Å². The van der Waals surface area contributed by atoms with E-state index in [4.69, 9.17) is 23.7 Å². The van der Waals surface area contributed by atoms with E-state index in [0.717, 1.165) is 80.1 Å². The van der Waals surface area contributed by atoms with Crippen molar-refractivity contribution in [1.82, 2.24) is 4.98 Å². The second-order valence-electron chi connectivity index (χ2n) is 12.5. The van der Waals surface area contributed by atoms with Crippen molar-refractivity contribution >= 4 is 21.0 Å². The summed E-state index contributed by atoms with van der Waals surface area (Å²) in [5.41, 5.74) is 2.02. The Labute approximate surface area is 309 Å². The largest absolute Gasteiger partial charge is 0.744 e. The number of ether oxygens (including phenoxy) is 5. The van der Waals surface area contributed by atoms with Gasteiger partial charge in [-0.3, -0.25) is 4.98 Å². The molecule has 2 aliphatic heterocycles. The van der Waals surface area contributed by atoms with E-state index in [1.54, 1.807) is 24.5 Å². The molecule has 11 heteroatoms. The SMILES string of the molecule is Cc1ccc(S(=O)(=O)[O-])cc1.c1cc(COc2ccc([S+](c3ccc(OC4CCCCO4)cc3)c3ccc(OC4CCCCO4)cc3)cc2)ccn1. The van der Waals surface area contributed by atoms with Crippen molar-refractivity contribution in [1.29, 1.82) is 0 Å². The molecule has 2 aliphatic rings. The first-order chi connectivity index (χ1) is 25.3. The summed E-state index contributed by atoms with van der Waals surface area (Å²) in [4.78, 5) is 7.51.